The minimum absolute atomic E-state index is 0.122. The number of nitrogens with zero attached hydrogens (tertiary/aromatic N) is 2. The average Bonchev–Trinajstić information content (AvgIpc) is 2.30. The first-order valence-electron chi connectivity index (χ1n) is 4.70. The van der Waals surface area contributed by atoms with E-state index < -0.39 is 5.97 Å². The highest BCUT2D eigenvalue weighted by atomic mass is 32.2. The number of carboxylic acids is 1. The Morgan fingerprint density at radius 3 is 2.82 bits per heavy atom. The van der Waals surface area contributed by atoms with Crippen LogP contribution in [0.5, 0.6) is 0 Å². The number of thioether (sulfide) groups is 1. The van der Waals surface area contributed by atoms with Crippen LogP contribution in [0.1, 0.15) is 15.9 Å². The molecule has 0 aromatic heterocycles. The van der Waals surface area contributed by atoms with Crippen LogP contribution in [0.25, 0.3) is 0 Å². The highest BCUT2D eigenvalue weighted by Gasteiger charge is 2.12. The van der Waals surface area contributed by atoms with Gasteiger partial charge in [0, 0.05) is 0 Å². The van der Waals surface area contributed by atoms with E-state index in [-0.39, 0.29) is 5.56 Å². The number of para-hydroxylation sites is 1. The quantitative estimate of drug-likeness (QED) is 0.363. The van der Waals surface area contributed by atoms with Crippen molar-refractivity contribution in [3.63, 3.8) is 0 Å². The van der Waals surface area contributed by atoms with Crippen molar-refractivity contribution in [1.29, 1.82) is 5.26 Å². The van der Waals surface area contributed by atoms with Gasteiger partial charge < -0.3 is 5.11 Å². The SMILES string of the molecule is CSC(=Nc1c(C)cccc1C(=O)O)NC#N. The lowest BCUT2D eigenvalue weighted by Crippen LogP contribution is -2.13. The number of rotatable bonds is 2. The van der Waals surface area contributed by atoms with Crippen LogP contribution >= 0.6 is 11.8 Å². The first kappa shape index (κ1) is 13.1. The molecular formula is C11H11N3O2S. The number of amidine groups is 1. The van der Waals surface area contributed by atoms with Crippen LogP contribution in [-0.4, -0.2) is 22.5 Å². The molecule has 0 aliphatic heterocycles. The number of nitrogens with one attached hydrogen (secondary N) is 1. The van der Waals surface area contributed by atoms with Gasteiger partial charge in [0.05, 0.1) is 11.3 Å². The first-order valence-corrected chi connectivity index (χ1v) is 5.93. The van der Waals surface area contributed by atoms with E-state index in [1.54, 1.807) is 31.5 Å². The summed E-state index contributed by atoms with van der Waals surface area (Å²) >= 11 is 1.24. The van der Waals surface area contributed by atoms with E-state index in [2.05, 4.69) is 10.3 Å². The lowest BCUT2D eigenvalue weighted by atomic mass is 10.1. The minimum atomic E-state index is -1.04. The summed E-state index contributed by atoms with van der Waals surface area (Å²) in [5.74, 6) is -1.04. The van der Waals surface area contributed by atoms with Crippen LogP contribution in [0.4, 0.5) is 5.69 Å². The van der Waals surface area contributed by atoms with Gasteiger partial charge in [0.1, 0.15) is 0 Å². The summed E-state index contributed by atoms with van der Waals surface area (Å²) in [6.07, 6.45) is 3.51. The van der Waals surface area contributed by atoms with Crippen LogP contribution < -0.4 is 5.32 Å². The van der Waals surface area contributed by atoms with Crippen LogP contribution in [0.3, 0.4) is 0 Å². The molecule has 0 heterocycles. The molecule has 0 saturated heterocycles. The van der Waals surface area contributed by atoms with Crippen molar-refractivity contribution in [3.05, 3.63) is 29.3 Å². The molecule has 0 atom stereocenters. The molecule has 0 aliphatic carbocycles. The number of aliphatic imine (C=N–C) groups is 1. The van der Waals surface area contributed by atoms with Crippen molar-refractivity contribution in [2.24, 2.45) is 4.99 Å². The molecule has 1 rings (SSSR count). The molecule has 0 amide bonds. The molecule has 0 aliphatic rings. The number of benzene rings is 1. The molecule has 0 saturated carbocycles. The average molecular weight is 249 g/mol. The molecule has 0 spiro atoms. The summed E-state index contributed by atoms with van der Waals surface area (Å²) in [4.78, 5) is 15.2. The van der Waals surface area contributed by atoms with Gasteiger partial charge in [-0.1, -0.05) is 23.9 Å². The second-order valence-corrected chi connectivity index (χ2v) is 3.93. The summed E-state index contributed by atoms with van der Waals surface area (Å²) in [6.45, 7) is 1.77. The number of aryl methyl sites for hydroxylation is 1. The summed E-state index contributed by atoms with van der Waals surface area (Å²) in [5, 5.41) is 20.3. The van der Waals surface area contributed by atoms with E-state index >= 15 is 0 Å². The predicted octanol–water partition coefficient (Wildman–Crippen LogP) is 2.11. The summed E-state index contributed by atoms with van der Waals surface area (Å²) in [7, 11) is 0. The normalized spacial score (nSPS) is 10.8. The van der Waals surface area contributed by atoms with E-state index in [0.717, 1.165) is 5.56 Å². The number of carboxylic acid groups (broad SMARTS) is 1. The van der Waals surface area contributed by atoms with E-state index in [1.165, 1.54) is 17.8 Å². The Kier molecular flexibility index (Phi) is 4.55. The number of aromatic carboxylic acids is 1. The van der Waals surface area contributed by atoms with Crippen LogP contribution in [0, 0.1) is 18.4 Å². The number of hydrogen-bond acceptors (Lipinski definition) is 4. The highest BCUT2D eigenvalue weighted by Crippen LogP contribution is 2.24. The molecule has 0 bridgehead atoms. The van der Waals surface area contributed by atoms with Gasteiger partial charge in [0.25, 0.3) is 0 Å². The maximum Gasteiger partial charge on any atom is 0.337 e. The van der Waals surface area contributed by atoms with Crippen molar-refractivity contribution in [2.75, 3.05) is 6.26 Å². The highest BCUT2D eigenvalue weighted by molar-refractivity contribution is 8.13. The third kappa shape index (κ3) is 3.23. The third-order valence-electron chi connectivity index (χ3n) is 2.04. The van der Waals surface area contributed by atoms with Gasteiger partial charge in [-0.25, -0.2) is 9.79 Å². The molecular weight excluding hydrogens is 238 g/mol. The van der Waals surface area contributed by atoms with Gasteiger partial charge in [-0.05, 0) is 24.8 Å². The van der Waals surface area contributed by atoms with Crippen molar-refractivity contribution >= 4 is 28.6 Å². The second kappa shape index (κ2) is 5.92. The fourth-order valence-corrected chi connectivity index (χ4v) is 1.58. The molecule has 88 valence electrons. The Hall–Kier alpha value is -2.00. The Bertz CT molecular complexity index is 506. The number of carbonyl (C=O) groups is 1. The molecule has 1 aromatic carbocycles. The predicted molar refractivity (Wildman–Crippen MR) is 67.5 cm³/mol. The Balaban J connectivity index is 3.30. The lowest BCUT2D eigenvalue weighted by Gasteiger charge is -2.06. The summed E-state index contributed by atoms with van der Waals surface area (Å²) in [6, 6.07) is 4.92. The Morgan fingerprint density at radius 1 is 1.59 bits per heavy atom. The topological polar surface area (TPSA) is 85.5 Å². The Morgan fingerprint density at radius 2 is 2.29 bits per heavy atom. The molecule has 1 aromatic rings. The fraction of sp³-hybridized carbons (Fsp3) is 0.182. The smallest absolute Gasteiger partial charge is 0.337 e. The van der Waals surface area contributed by atoms with E-state index in [1.807, 2.05) is 0 Å². The molecule has 2 N–H and O–H groups in total. The van der Waals surface area contributed by atoms with Crippen LogP contribution in [0.2, 0.25) is 0 Å². The van der Waals surface area contributed by atoms with Crippen molar-refractivity contribution in [3.8, 4) is 6.19 Å². The molecule has 0 fully saturated rings. The number of nitriles is 1. The van der Waals surface area contributed by atoms with E-state index in [0.29, 0.717) is 10.9 Å². The molecule has 17 heavy (non-hydrogen) atoms. The van der Waals surface area contributed by atoms with Gasteiger partial charge in [-0.2, -0.15) is 5.26 Å². The largest absolute Gasteiger partial charge is 0.478 e. The zero-order valence-electron chi connectivity index (χ0n) is 9.39. The minimum Gasteiger partial charge on any atom is -0.478 e. The maximum atomic E-state index is 11.0. The van der Waals surface area contributed by atoms with Gasteiger partial charge in [0.15, 0.2) is 11.4 Å². The number of hydrogen-bond donors (Lipinski definition) is 2. The van der Waals surface area contributed by atoms with Gasteiger partial charge in [-0.15, -0.1) is 0 Å². The molecule has 5 nitrogen and oxygen atoms in total. The van der Waals surface area contributed by atoms with Gasteiger partial charge >= 0.3 is 5.97 Å². The second-order valence-electron chi connectivity index (χ2n) is 3.13. The summed E-state index contributed by atoms with van der Waals surface area (Å²) < 4.78 is 0. The van der Waals surface area contributed by atoms with Gasteiger partial charge in [0.2, 0.25) is 0 Å². The zero-order valence-corrected chi connectivity index (χ0v) is 10.2. The molecule has 6 heteroatoms. The van der Waals surface area contributed by atoms with E-state index in [4.69, 9.17) is 10.4 Å². The zero-order chi connectivity index (χ0) is 12.8. The van der Waals surface area contributed by atoms with Crippen LogP contribution in [0.15, 0.2) is 23.2 Å². The monoisotopic (exact) mass is 249 g/mol. The van der Waals surface area contributed by atoms with Crippen molar-refractivity contribution in [1.82, 2.24) is 5.32 Å². The lowest BCUT2D eigenvalue weighted by molar-refractivity contribution is 0.0698. The van der Waals surface area contributed by atoms with Gasteiger partial charge in [-0.3, -0.25) is 5.32 Å². The first-order chi connectivity index (χ1) is 8.10. The molecule has 0 radical (unpaired) electrons. The molecule has 0 unspecified atom stereocenters. The van der Waals surface area contributed by atoms with E-state index in [9.17, 15) is 4.79 Å². The summed E-state index contributed by atoms with van der Waals surface area (Å²) in [5.41, 5.74) is 1.24. The van der Waals surface area contributed by atoms with Crippen molar-refractivity contribution < 1.29 is 9.90 Å². The maximum absolute atomic E-state index is 11.0. The van der Waals surface area contributed by atoms with Crippen LogP contribution in [-0.2, 0) is 0 Å². The third-order valence-corrected chi connectivity index (χ3v) is 2.62. The fourth-order valence-electron chi connectivity index (χ4n) is 1.25. The Labute approximate surface area is 103 Å². The van der Waals surface area contributed by atoms with Crippen molar-refractivity contribution in [2.45, 2.75) is 6.92 Å². The standard InChI is InChI=1S/C11H11N3O2S/c1-7-4-3-5-8(10(15)16)9(7)14-11(17-2)13-6-12/h3-5H,1-2H3,(H,13,14)(H,15,16).